The van der Waals surface area contributed by atoms with Crippen molar-refractivity contribution in [3.63, 3.8) is 0 Å². The highest BCUT2D eigenvalue weighted by atomic mass is 32.1. The Kier molecular flexibility index (Phi) is 5.39. The van der Waals surface area contributed by atoms with Crippen LogP contribution in [0, 0.1) is 5.41 Å². The van der Waals surface area contributed by atoms with Crippen molar-refractivity contribution >= 4 is 23.2 Å². The lowest BCUT2D eigenvalue weighted by molar-refractivity contribution is -0.140. The van der Waals surface area contributed by atoms with Crippen molar-refractivity contribution in [2.24, 2.45) is 5.41 Å². The maximum absolute atomic E-state index is 12.2. The molecule has 1 heterocycles. The van der Waals surface area contributed by atoms with E-state index in [-0.39, 0.29) is 17.7 Å². The third-order valence-corrected chi connectivity index (χ3v) is 5.35. The Hall–Kier alpha value is -1.36. The van der Waals surface area contributed by atoms with Crippen molar-refractivity contribution in [3.8, 4) is 0 Å². The number of aliphatic carboxylic acids is 1. The zero-order valence-electron chi connectivity index (χ0n) is 12.5. The lowest BCUT2D eigenvalue weighted by Crippen LogP contribution is -2.31. The summed E-state index contributed by atoms with van der Waals surface area (Å²) >= 11 is 1.66. The standard InChI is InChI=1S/C16H23NO3S/c1-2-12-5-8-21-13(12)11-17-14(18)9-16(10-15(19)20)6-3-4-7-16/h5,8H,2-4,6-7,9-11H2,1H3,(H,17,18)(H,19,20). The molecule has 21 heavy (non-hydrogen) atoms. The topological polar surface area (TPSA) is 66.4 Å². The molecule has 0 atom stereocenters. The lowest BCUT2D eigenvalue weighted by atomic mass is 9.79. The molecule has 2 N–H and O–H groups in total. The Morgan fingerprint density at radius 2 is 2.05 bits per heavy atom. The minimum absolute atomic E-state index is 0.0198. The molecule has 0 unspecified atom stereocenters. The van der Waals surface area contributed by atoms with Gasteiger partial charge in [-0.3, -0.25) is 9.59 Å². The van der Waals surface area contributed by atoms with Crippen LogP contribution in [0.5, 0.6) is 0 Å². The predicted octanol–water partition coefficient (Wildman–Crippen LogP) is 3.35. The molecule has 0 radical (unpaired) electrons. The quantitative estimate of drug-likeness (QED) is 0.811. The summed E-state index contributed by atoms with van der Waals surface area (Å²) in [5, 5.41) is 14.1. The van der Waals surface area contributed by atoms with Gasteiger partial charge in [0.25, 0.3) is 0 Å². The summed E-state index contributed by atoms with van der Waals surface area (Å²) in [4.78, 5) is 24.4. The Morgan fingerprint density at radius 1 is 1.33 bits per heavy atom. The van der Waals surface area contributed by atoms with Gasteiger partial charge >= 0.3 is 5.97 Å². The predicted molar refractivity (Wildman–Crippen MR) is 83.3 cm³/mol. The number of hydrogen-bond donors (Lipinski definition) is 2. The van der Waals surface area contributed by atoms with Gasteiger partial charge < -0.3 is 10.4 Å². The monoisotopic (exact) mass is 309 g/mol. The van der Waals surface area contributed by atoms with E-state index in [1.807, 2.05) is 5.38 Å². The molecule has 1 saturated carbocycles. The van der Waals surface area contributed by atoms with E-state index in [1.54, 1.807) is 11.3 Å². The Balaban J connectivity index is 1.89. The molecular formula is C16H23NO3S. The van der Waals surface area contributed by atoms with Crippen LogP contribution in [0.25, 0.3) is 0 Å². The number of amides is 1. The summed E-state index contributed by atoms with van der Waals surface area (Å²) in [5.74, 6) is -0.815. The highest BCUT2D eigenvalue weighted by Gasteiger charge is 2.37. The van der Waals surface area contributed by atoms with Gasteiger partial charge in [0.2, 0.25) is 5.91 Å². The zero-order valence-corrected chi connectivity index (χ0v) is 13.3. The number of thiophene rings is 1. The molecule has 0 bridgehead atoms. The second kappa shape index (κ2) is 7.07. The summed E-state index contributed by atoms with van der Waals surface area (Å²) in [6.45, 7) is 2.66. The van der Waals surface area contributed by atoms with Crippen LogP contribution >= 0.6 is 11.3 Å². The van der Waals surface area contributed by atoms with E-state index in [9.17, 15) is 9.59 Å². The molecule has 4 nitrogen and oxygen atoms in total. The molecule has 0 aromatic carbocycles. The van der Waals surface area contributed by atoms with Crippen molar-refractivity contribution in [1.29, 1.82) is 0 Å². The third kappa shape index (κ3) is 4.30. The summed E-state index contributed by atoms with van der Waals surface area (Å²) < 4.78 is 0. The van der Waals surface area contributed by atoms with E-state index in [0.717, 1.165) is 32.1 Å². The number of carboxylic acids is 1. The van der Waals surface area contributed by atoms with Crippen LogP contribution in [0.2, 0.25) is 0 Å². The highest BCUT2D eigenvalue weighted by molar-refractivity contribution is 7.10. The number of carbonyl (C=O) groups excluding carboxylic acids is 1. The van der Waals surface area contributed by atoms with Crippen molar-refractivity contribution < 1.29 is 14.7 Å². The molecule has 0 saturated heterocycles. The van der Waals surface area contributed by atoms with Crippen LogP contribution in [0.15, 0.2) is 11.4 Å². The average Bonchev–Trinajstić information content (AvgIpc) is 3.04. The molecule has 1 aliphatic carbocycles. The normalized spacial score (nSPS) is 16.8. The number of carboxylic acid groups (broad SMARTS) is 1. The lowest BCUT2D eigenvalue weighted by Gasteiger charge is -2.26. The van der Waals surface area contributed by atoms with Crippen LogP contribution in [0.3, 0.4) is 0 Å². The first-order chi connectivity index (χ1) is 10.0. The minimum atomic E-state index is -0.795. The van der Waals surface area contributed by atoms with Gasteiger partial charge in [0, 0.05) is 11.3 Å². The first-order valence-corrected chi connectivity index (χ1v) is 8.46. The summed E-state index contributed by atoms with van der Waals surface area (Å²) in [6, 6.07) is 2.09. The maximum Gasteiger partial charge on any atom is 0.303 e. The summed E-state index contributed by atoms with van der Waals surface area (Å²) in [5.41, 5.74) is 0.959. The molecule has 1 aliphatic rings. The minimum Gasteiger partial charge on any atom is -0.481 e. The molecule has 1 fully saturated rings. The van der Waals surface area contributed by atoms with Gasteiger partial charge in [-0.05, 0) is 41.7 Å². The highest BCUT2D eigenvalue weighted by Crippen LogP contribution is 2.44. The second-order valence-electron chi connectivity index (χ2n) is 5.95. The Bertz CT molecular complexity index is 503. The molecule has 2 rings (SSSR count). The number of hydrogen-bond acceptors (Lipinski definition) is 3. The van der Waals surface area contributed by atoms with Crippen LogP contribution in [-0.4, -0.2) is 17.0 Å². The van der Waals surface area contributed by atoms with Crippen LogP contribution < -0.4 is 5.32 Å². The smallest absolute Gasteiger partial charge is 0.303 e. The van der Waals surface area contributed by atoms with E-state index >= 15 is 0 Å². The van der Waals surface area contributed by atoms with Crippen molar-refractivity contribution in [2.75, 3.05) is 0 Å². The largest absolute Gasteiger partial charge is 0.481 e. The van der Waals surface area contributed by atoms with E-state index in [4.69, 9.17) is 5.11 Å². The molecule has 0 aliphatic heterocycles. The summed E-state index contributed by atoms with van der Waals surface area (Å²) in [6.07, 6.45) is 5.19. The molecule has 5 heteroatoms. The van der Waals surface area contributed by atoms with Gasteiger partial charge in [0.1, 0.15) is 0 Å². The Labute approximate surface area is 129 Å². The molecule has 1 aromatic heterocycles. The fourth-order valence-corrected chi connectivity index (χ4v) is 4.20. The van der Waals surface area contributed by atoms with Crippen LogP contribution in [-0.2, 0) is 22.6 Å². The number of aryl methyl sites for hydroxylation is 1. The average molecular weight is 309 g/mol. The van der Waals surface area contributed by atoms with Gasteiger partial charge in [-0.1, -0.05) is 19.8 Å². The number of carbonyl (C=O) groups is 2. The van der Waals surface area contributed by atoms with Gasteiger partial charge in [0.05, 0.1) is 13.0 Å². The molecule has 116 valence electrons. The fraction of sp³-hybridized carbons (Fsp3) is 0.625. The number of nitrogens with one attached hydrogen (secondary N) is 1. The van der Waals surface area contributed by atoms with Crippen molar-refractivity contribution in [2.45, 2.75) is 58.4 Å². The number of rotatable bonds is 7. The van der Waals surface area contributed by atoms with Crippen LogP contribution in [0.4, 0.5) is 0 Å². The fourth-order valence-electron chi connectivity index (χ4n) is 3.28. The van der Waals surface area contributed by atoms with E-state index in [0.29, 0.717) is 13.0 Å². The summed E-state index contributed by atoms with van der Waals surface area (Å²) in [7, 11) is 0. The Morgan fingerprint density at radius 3 is 2.67 bits per heavy atom. The van der Waals surface area contributed by atoms with Gasteiger partial charge in [-0.2, -0.15) is 0 Å². The second-order valence-corrected chi connectivity index (χ2v) is 6.95. The van der Waals surface area contributed by atoms with Crippen molar-refractivity contribution in [1.82, 2.24) is 5.32 Å². The van der Waals surface area contributed by atoms with Crippen molar-refractivity contribution in [3.05, 3.63) is 21.9 Å². The van der Waals surface area contributed by atoms with Gasteiger partial charge in [-0.25, -0.2) is 0 Å². The van der Waals surface area contributed by atoms with E-state index in [1.165, 1.54) is 10.4 Å². The zero-order chi connectivity index (χ0) is 15.3. The third-order valence-electron chi connectivity index (χ3n) is 4.39. The first-order valence-electron chi connectivity index (χ1n) is 7.58. The molecule has 0 spiro atoms. The van der Waals surface area contributed by atoms with Crippen LogP contribution in [0.1, 0.15) is 55.9 Å². The van der Waals surface area contributed by atoms with Gasteiger partial charge in [-0.15, -0.1) is 11.3 Å². The maximum atomic E-state index is 12.2. The SMILES string of the molecule is CCc1ccsc1CNC(=O)CC1(CC(=O)O)CCCC1. The van der Waals surface area contributed by atoms with Gasteiger partial charge in [0.15, 0.2) is 0 Å². The van der Waals surface area contributed by atoms with E-state index < -0.39 is 5.97 Å². The molecule has 1 amide bonds. The molecular weight excluding hydrogens is 286 g/mol. The van der Waals surface area contributed by atoms with E-state index in [2.05, 4.69) is 18.3 Å². The first kappa shape index (κ1) is 16.0. The molecule has 1 aromatic rings.